The molecule has 2 saturated heterocycles. The molecule has 2 aliphatic heterocycles. The maximum absolute atomic E-state index is 12.5. The lowest BCUT2D eigenvalue weighted by Crippen LogP contribution is -2.36. The van der Waals surface area contributed by atoms with Gasteiger partial charge in [-0.2, -0.15) is 0 Å². The first-order valence-corrected chi connectivity index (χ1v) is 4.85. The Kier molecular flexibility index (Phi) is 2.51. The number of halogens is 1. The van der Waals surface area contributed by atoms with Crippen molar-refractivity contribution in [3.05, 3.63) is 0 Å². The van der Waals surface area contributed by atoms with E-state index in [0.717, 1.165) is 0 Å². The molecule has 1 unspecified atom stereocenters. The summed E-state index contributed by atoms with van der Waals surface area (Å²) in [5, 5.41) is 9.73. The number of ether oxygens (including phenoxy) is 3. The molecule has 4 nitrogen and oxygen atoms in total. The van der Waals surface area contributed by atoms with Crippen molar-refractivity contribution in [1.29, 1.82) is 0 Å². The van der Waals surface area contributed by atoms with Gasteiger partial charge < -0.3 is 19.3 Å². The quantitative estimate of drug-likeness (QED) is 0.718. The van der Waals surface area contributed by atoms with Crippen LogP contribution in [-0.4, -0.2) is 42.2 Å². The van der Waals surface area contributed by atoms with E-state index in [-0.39, 0.29) is 6.10 Å². The van der Waals surface area contributed by atoms with Crippen molar-refractivity contribution < 1.29 is 23.7 Å². The Morgan fingerprint density at radius 1 is 1.43 bits per heavy atom. The van der Waals surface area contributed by atoms with Crippen molar-refractivity contribution in [1.82, 2.24) is 0 Å². The number of hydrogen-bond acceptors (Lipinski definition) is 4. The zero-order chi connectivity index (χ0) is 10.3. The van der Waals surface area contributed by atoms with Gasteiger partial charge in [0.25, 0.3) is 0 Å². The number of aliphatic hydroxyl groups excluding tert-OH is 1. The number of aliphatic hydroxyl groups is 1. The van der Waals surface area contributed by atoms with E-state index < -0.39 is 31.0 Å². The summed E-state index contributed by atoms with van der Waals surface area (Å²) in [6, 6.07) is 0. The van der Waals surface area contributed by atoms with Crippen LogP contribution in [0.4, 0.5) is 4.39 Å². The lowest BCUT2D eigenvalue weighted by atomic mass is 10.1. The molecule has 0 radical (unpaired) electrons. The van der Waals surface area contributed by atoms with Crippen LogP contribution in [0, 0.1) is 0 Å². The minimum absolute atomic E-state index is 0.269. The molecule has 0 aliphatic carbocycles. The van der Waals surface area contributed by atoms with E-state index in [9.17, 15) is 9.50 Å². The Balaban J connectivity index is 2.05. The molecule has 0 aromatic heterocycles. The van der Waals surface area contributed by atoms with Crippen molar-refractivity contribution in [2.45, 2.75) is 50.7 Å². The lowest BCUT2D eigenvalue weighted by Gasteiger charge is -2.23. The maximum Gasteiger partial charge on any atom is 0.197 e. The molecule has 2 heterocycles. The summed E-state index contributed by atoms with van der Waals surface area (Å²) in [5.41, 5.74) is 0. The first-order chi connectivity index (χ1) is 6.59. The molecule has 5 heteroatoms. The predicted molar refractivity (Wildman–Crippen MR) is 45.3 cm³/mol. The van der Waals surface area contributed by atoms with Crippen LogP contribution in [0.15, 0.2) is 0 Å². The molecule has 2 rings (SSSR count). The van der Waals surface area contributed by atoms with Crippen LogP contribution in [0.2, 0.25) is 0 Å². The minimum atomic E-state index is -1.25. The highest BCUT2D eigenvalue weighted by Gasteiger charge is 2.55. The van der Waals surface area contributed by atoms with Crippen molar-refractivity contribution >= 4 is 0 Å². The second-order valence-electron chi connectivity index (χ2n) is 3.91. The highest BCUT2D eigenvalue weighted by molar-refractivity contribution is 4.93. The van der Waals surface area contributed by atoms with Crippen LogP contribution in [0.1, 0.15) is 20.3 Å². The van der Waals surface area contributed by atoms with Gasteiger partial charge in [0.05, 0.1) is 6.10 Å². The molecule has 0 aromatic rings. The highest BCUT2D eigenvalue weighted by Crippen LogP contribution is 2.38. The first-order valence-electron chi connectivity index (χ1n) is 4.85. The lowest BCUT2D eigenvalue weighted by molar-refractivity contribution is -0.230. The van der Waals surface area contributed by atoms with Crippen molar-refractivity contribution in [2.24, 2.45) is 0 Å². The summed E-state index contributed by atoms with van der Waals surface area (Å²) >= 11 is 0. The van der Waals surface area contributed by atoms with Crippen molar-refractivity contribution in [3.8, 4) is 0 Å². The number of fused-ring (bicyclic) bond motifs is 1. The Morgan fingerprint density at radius 3 is 2.64 bits per heavy atom. The van der Waals surface area contributed by atoms with Gasteiger partial charge in [0.2, 0.25) is 0 Å². The normalized spacial score (nSPS) is 52.3. The zero-order valence-corrected chi connectivity index (χ0v) is 8.27. The minimum Gasteiger partial charge on any atom is -0.387 e. The molecule has 82 valence electrons. The van der Waals surface area contributed by atoms with Crippen LogP contribution in [0.3, 0.4) is 0 Å². The van der Waals surface area contributed by atoms with Gasteiger partial charge in [-0.15, -0.1) is 0 Å². The summed E-state index contributed by atoms with van der Waals surface area (Å²) < 4.78 is 28.4. The van der Waals surface area contributed by atoms with Gasteiger partial charge in [0, 0.05) is 0 Å². The molecule has 1 N–H and O–H groups in total. The van der Waals surface area contributed by atoms with E-state index in [1.54, 1.807) is 0 Å². The molecular formula is C9H15FO4. The Hall–Kier alpha value is -0.230. The standard InChI is InChI=1S/C9H15FO4/c1-3-5-6(11)7-8(12-5)14-9(2,4-10)13-7/h5-8,11H,3-4H2,1-2H3/t5-,6+,7-,8-,9?/m1/s1. The van der Waals surface area contributed by atoms with Crippen molar-refractivity contribution in [2.75, 3.05) is 6.67 Å². The molecule has 0 bridgehead atoms. The number of rotatable bonds is 2. The average Bonchev–Trinajstić information content (AvgIpc) is 2.64. The fourth-order valence-corrected chi connectivity index (χ4v) is 1.88. The van der Waals surface area contributed by atoms with Crippen molar-refractivity contribution in [3.63, 3.8) is 0 Å². The van der Waals surface area contributed by atoms with E-state index in [1.807, 2.05) is 6.92 Å². The topological polar surface area (TPSA) is 47.9 Å². The average molecular weight is 206 g/mol. The van der Waals surface area contributed by atoms with Gasteiger partial charge in [-0.3, -0.25) is 0 Å². The smallest absolute Gasteiger partial charge is 0.197 e. The van der Waals surface area contributed by atoms with Gasteiger partial charge in [0.15, 0.2) is 12.1 Å². The van der Waals surface area contributed by atoms with Gasteiger partial charge in [-0.1, -0.05) is 6.92 Å². The van der Waals surface area contributed by atoms with Crippen LogP contribution in [-0.2, 0) is 14.2 Å². The molecule has 0 amide bonds. The summed E-state index contributed by atoms with van der Waals surface area (Å²) in [7, 11) is 0. The fraction of sp³-hybridized carbons (Fsp3) is 1.00. The second kappa shape index (κ2) is 3.41. The monoisotopic (exact) mass is 206 g/mol. The molecule has 2 aliphatic rings. The Morgan fingerprint density at radius 2 is 2.14 bits per heavy atom. The van der Waals surface area contributed by atoms with Crippen LogP contribution >= 0.6 is 0 Å². The summed E-state index contributed by atoms with van der Waals surface area (Å²) in [6.45, 7) is 2.67. The van der Waals surface area contributed by atoms with Gasteiger partial charge in [-0.25, -0.2) is 4.39 Å². The van der Waals surface area contributed by atoms with E-state index >= 15 is 0 Å². The Bertz CT molecular complexity index is 225. The number of hydrogen-bond donors (Lipinski definition) is 1. The first kappa shape index (κ1) is 10.3. The Labute approximate surface area is 81.9 Å². The molecule has 0 spiro atoms. The molecule has 0 aromatic carbocycles. The zero-order valence-electron chi connectivity index (χ0n) is 8.27. The largest absolute Gasteiger partial charge is 0.387 e. The van der Waals surface area contributed by atoms with E-state index in [4.69, 9.17) is 14.2 Å². The third kappa shape index (κ3) is 1.44. The van der Waals surface area contributed by atoms with E-state index in [2.05, 4.69) is 0 Å². The number of alkyl halides is 1. The molecular weight excluding hydrogens is 191 g/mol. The summed E-state index contributed by atoms with van der Waals surface area (Å²) in [5.74, 6) is -1.25. The predicted octanol–water partition coefficient (Wildman–Crippen LogP) is 0.583. The van der Waals surface area contributed by atoms with Crippen LogP contribution in [0.5, 0.6) is 0 Å². The van der Waals surface area contributed by atoms with Crippen LogP contribution < -0.4 is 0 Å². The van der Waals surface area contributed by atoms with E-state index in [0.29, 0.717) is 6.42 Å². The third-order valence-electron chi connectivity index (χ3n) is 2.69. The summed E-state index contributed by atoms with van der Waals surface area (Å²) in [4.78, 5) is 0. The molecule has 14 heavy (non-hydrogen) atoms. The third-order valence-corrected chi connectivity index (χ3v) is 2.69. The molecule has 2 fully saturated rings. The highest BCUT2D eigenvalue weighted by atomic mass is 19.1. The second-order valence-corrected chi connectivity index (χ2v) is 3.91. The van der Waals surface area contributed by atoms with Gasteiger partial charge in [0.1, 0.15) is 18.9 Å². The van der Waals surface area contributed by atoms with Gasteiger partial charge >= 0.3 is 0 Å². The summed E-state index contributed by atoms with van der Waals surface area (Å²) in [6.07, 6.45) is -1.49. The fourth-order valence-electron chi connectivity index (χ4n) is 1.88. The molecule has 5 atom stereocenters. The van der Waals surface area contributed by atoms with E-state index in [1.165, 1.54) is 6.92 Å². The van der Waals surface area contributed by atoms with Gasteiger partial charge in [-0.05, 0) is 13.3 Å². The SMILES string of the molecule is CC[C@H]1O[C@@H]2OC(C)(CF)O[C@@H]2[C@H]1O. The molecule has 0 saturated carbocycles. The maximum atomic E-state index is 12.5. The van der Waals surface area contributed by atoms with Crippen LogP contribution in [0.25, 0.3) is 0 Å².